The quantitative estimate of drug-likeness (QED) is 0.525. The van der Waals surface area contributed by atoms with Crippen molar-refractivity contribution in [1.29, 1.82) is 0 Å². The van der Waals surface area contributed by atoms with Gasteiger partial charge in [-0.1, -0.05) is 5.92 Å². The summed E-state index contributed by atoms with van der Waals surface area (Å²) in [6.07, 6.45) is 2.82. The Morgan fingerprint density at radius 1 is 1.54 bits per heavy atom. The summed E-state index contributed by atoms with van der Waals surface area (Å²) >= 11 is 0. The van der Waals surface area contributed by atoms with Crippen LogP contribution in [0.3, 0.4) is 0 Å². The lowest BCUT2D eigenvalue weighted by Crippen LogP contribution is -2.31. The van der Waals surface area contributed by atoms with Crippen molar-refractivity contribution >= 4 is 0 Å². The Morgan fingerprint density at radius 2 is 2.38 bits per heavy atom. The highest BCUT2D eigenvalue weighted by Gasteiger charge is 2.18. The molecule has 0 amide bonds. The van der Waals surface area contributed by atoms with Crippen molar-refractivity contribution in [3.05, 3.63) is 0 Å². The monoisotopic (exact) mass is 181 g/mol. The molecule has 0 aliphatic carbocycles. The smallest absolute Gasteiger partial charge is 0.0576 e. The second-order valence-electron chi connectivity index (χ2n) is 3.63. The fourth-order valence-corrected chi connectivity index (χ4v) is 1.70. The van der Waals surface area contributed by atoms with Gasteiger partial charge < -0.3 is 10.1 Å². The minimum Gasteiger partial charge on any atom is -0.378 e. The van der Waals surface area contributed by atoms with E-state index in [0.29, 0.717) is 6.10 Å². The van der Waals surface area contributed by atoms with Gasteiger partial charge in [-0.15, -0.1) is 5.92 Å². The molecule has 0 aromatic carbocycles. The van der Waals surface area contributed by atoms with E-state index in [1.165, 1.54) is 12.8 Å². The second kappa shape index (κ2) is 6.01. The van der Waals surface area contributed by atoms with E-state index in [1.807, 2.05) is 6.92 Å². The van der Waals surface area contributed by atoms with Gasteiger partial charge in [0.25, 0.3) is 0 Å². The maximum absolute atomic E-state index is 5.48. The molecule has 0 spiro atoms. The molecule has 1 rings (SSSR count). The van der Waals surface area contributed by atoms with Crippen LogP contribution in [0, 0.1) is 17.8 Å². The highest BCUT2D eigenvalue weighted by atomic mass is 16.5. The molecule has 2 atom stereocenters. The summed E-state index contributed by atoms with van der Waals surface area (Å²) in [5.41, 5.74) is 0. The zero-order valence-electron chi connectivity index (χ0n) is 8.60. The van der Waals surface area contributed by atoms with Gasteiger partial charge in [0.05, 0.1) is 12.6 Å². The third-order valence-corrected chi connectivity index (χ3v) is 2.42. The van der Waals surface area contributed by atoms with E-state index in [2.05, 4.69) is 24.1 Å². The van der Waals surface area contributed by atoms with Crippen molar-refractivity contribution in [1.82, 2.24) is 5.32 Å². The van der Waals surface area contributed by atoms with Gasteiger partial charge in [-0.3, -0.25) is 0 Å². The van der Waals surface area contributed by atoms with Crippen LogP contribution in [-0.2, 0) is 4.74 Å². The largest absolute Gasteiger partial charge is 0.378 e. The highest BCUT2D eigenvalue weighted by Crippen LogP contribution is 2.18. The Bertz CT molecular complexity index is 192. The zero-order valence-corrected chi connectivity index (χ0v) is 8.60. The molecule has 1 N–H and O–H groups in total. The van der Waals surface area contributed by atoms with E-state index >= 15 is 0 Å². The number of rotatable bonds is 3. The molecule has 1 saturated heterocycles. The minimum absolute atomic E-state index is 0.442. The van der Waals surface area contributed by atoms with Crippen molar-refractivity contribution in [2.45, 2.75) is 32.8 Å². The molecular weight excluding hydrogens is 162 g/mol. The Labute approximate surface area is 81.0 Å². The van der Waals surface area contributed by atoms with Crippen molar-refractivity contribution in [2.75, 3.05) is 19.7 Å². The van der Waals surface area contributed by atoms with Crippen LogP contribution >= 0.6 is 0 Å². The molecule has 0 aromatic heterocycles. The number of hydrogen-bond acceptors (Lipinski definition) is 2. The molecule has 0 aromatic rings. The molecule has 0 saturated carbocycles. The maximum Gasteiger partial charge on any atom is 0.0576 e. The highest BCUT2D eigenvalue weighted by molar-refractivity contribution is 4.97. The van der Waals surface area contributed by atoms with Crippen LogP contribution < -0.4 is 5.32 Å². The molecule has 1 heterocycles. The molecule has 2 unspecified atom stereocenters. The fourth-order valence-electron chi connectivity index (χ4n) is 1.70. The van der Waals surface area contributed by atoms with Crippen molar-refractivity contribution in [3.63, 3.8) is 0 Å². The van der Waals surface area contributed by atoms with Crippen LogP contribution in [0.1, 0.15) is 26.7 Å². The topological polar surface area (TPSA) is 21.3 Å². The Balaban J connectivity index is 2.08. The van der Waals surface area contributed by atoms with Crippen molar-refractivity contribution in [3.8, 4) is 11.8 Å². The van der Waals surface area contributed by atoms with Gasteiger partial charge in [-0.2, -0.15) is 0 Å². The van der Waals surface area contributed by atoms with E-state index in [9.17, 15) is 0 Å². The summed E-state index contributed by atoms with van der Waals surface area (Å²) < 4.78 is 5.48. The first-order chi connectivity index (χ1) is 6.33. The molecule has 13 heavy (non-hydrogen) atoms. The standard InChI is InChI=1S/C11H19NO/c1-3-4-6-12-9-11-5-7-13-10(2)8-11/h10-12H,5-9H2,1-2H3. The molecule has 0 radical (unpaired) electrons. The van der Waals surface area contributed by atoms with E-state index < -0.39 is 0 Å². The summed E-state index contributed by atoms with van der Waals surface area (Å²) in [5.74, 6) is 6.66. The third kappa shape index (κ3) is 4.31. The Hall–Kier alpha value is -0.520. The van der Waals surface area contributed by atoms with Crippen LogP contribution in [0.25, 0.3) is 0 Å². The van der Waals surface area contributed by atoms with E-state index in [1.54, 1.807) is 0 Å². The summed E-state index contributed by atoms with van der Waals surface area (Å²) in [4.78, 5) is 0. The maximum atomic E-state index is 5.48. The fraction of sp³-hybridized carbons (Fsp3) is 0.818. The third-order valence-electron chi connectivity index (χ3n) is 2.42. The molecule has 1 aliphatic rings. The summed E-state index contributed by atoms with van der Waals surface area (Å²) in [6, 6.07) is 0. The lowest BCUT2D eigenvalue weighted by molar-refractivity contribution is 0.00316. The van der Waals surface area contributed by atoms with Crippen molar-refractivity contribution < 1.29 is 4.74 Å². The van der Waals surface area contributed by atoms with Crippen LogP contribution in [0.5, 0.6) is 0 Å². The minimum atomic E-state index is 0.442. The molecule has 1 fully saturated rings. The molecule has 0 bridgehead atoms. The normalized spacial score (nSPS) is 27.8. The Kier molecular flexibility index (Phi) is 4.88. The molecular formula is C11H19NO. The molecule has 2 nitrogen and oxygen atoms in total. The first-order valence-corrected chi connectivity index (χ1v) is 5.05. The first-order valence-electron chi connectivity index (χ1n) is 5.05. The van der Waals surface area contributed by atoms with Gasteiger partial charge in [-0.05, 0) is 39.2 Å². The molecule has 2 heteroatoms. The van der Waals surface area contributed by atoms with Crippen LogP contribution in [0.15, 0.2) is 0 Å². The van der Waals surface area contributed by atoms with Gasteiger partial charge >= 0.3 is 0 Å². The summed E-state index contributed by atoms with van der Waals surface area (Å²) in [6.45, 7) is 6.85. The zero-order chi connectivity index (χ0) is 9.52. The van der Waals surface area contributed by atoms with Gasteiger partial charge in [0.15, 0.2) is 0 Å². The number of hydrogen-bond donors (Lipinski definition) is 1. The van der Waals surface area contributed by atoms with Gasteiger partial charge in [0, 0.05) is 6.61 Å². The van der Waals surface area contributed by atoms with Gasteiger partial charge in [0.2, 0.25) is 0 Å². The van der Waals surface area contributed by atoms with Crippen LogP contribution in [-0.4, -0.2) is 25.8 Å². The van der Waals surface area contributed by atoms with Crippen LogP contribution in [0.2, 0.25) is 0 Å². The molecule has 1 aliphatic heterocycles. The number of ether oxygens (including phenoxy) is 1. The van der Waals surface area contributed by atoms with E-state index in [0.717, 1.165) is 25.6 Å². The average Bonchev–Trinajstić information content (AvgIpc) is 2.13. The average molecular weight is 181 g/mol. The lowest BCUT2D eigenvalue weighted by atomic mass is 9.96. The SMILES string of the molecule is CC#CCNCC1CCOC(C)C1. The summed E-state index contributed by atoms with van der Waals surface area (Å²) in [5, 5.41) is 3.35. The predicted octanol–water partition coefficient (Wildman–Crippen LogP) is 1.41. The van der Waals surface area contributed by atoms with E-state index in [-0.39, 0.29) is 0 Å². The first kappa shape index (κ1) is 10.6. The van der Waals surface area contributed by atoms with E-state index in [4.69, 9.17) is 4.74 Å². The van der Waals surface area contributed by atoms with Crippen LogP contribution in [0.4, 0.5) is 0 Å². The lowest BCUT2D eigenvalue weighted by Gasteiger charge is -2.27. The van der Waals surface area contributed by atoms with Gasteiger partial charge in [-0.25, -0.2) is 0 Å². The summed E-state index contributed by atoms with van der Waals surface area (Å²) in [7, 11) is 0. The second-order valence-corrected chi connectivity index (χ2v) is 3.63. The number of nitrogens with one attached hydrogen (secondary N) is 1. The van der Waals surface area contributed by atoms with Crippen molar-refractivity contribution in [2.24, 2.45) is 5.92 Å². The van der Waals surface area contributed by atoms with Gasteiger partial charge in [0.1, 0.15) is 0 Å². The molecule has 74 valence electrons. The Morgan fingerprint density at radius 3 is 3.08 bits per heavy atom. The predicted molar refractivity (Wildman–Crippen MR) is 54.5 cm³/mol.